The van der Waals surface area contributed by atoms with Crippen molar-refractivity contribution in [2.45, 2.75) is 50.4 Å². The largest absolute Gasteiger partial charge is 0.394 e. The molecule has 0 radical (unpaired) electrons. The van der Waals surface area contributed by atoms with Gasteiger partial charge in [0.15, 0.2) is 5.79 Å². The average molecular weight is 217 g/mol. The van der Waals surface area contributed by atoms with Crippen LogP contribution in [0.25, 0.3) is 0 Å². The Morgan fingerprint density at radius 2 is 2.07 bits per heavy atom. The van der Waals surface area contributed by atoms with Gasteiger partial charge in [0.2, 0.25) is 0 Å². The van der Waals surface area contributed by atoms with E-state index in [4.69, 9.17) is 25.1 Å². The highest BCUT2D eigenvalue weighted by atomic mass is 16.8. The van der Waals surface area contributed by atoms with Crippen LogP contribution in [0.2, 0.25) is 0 Å². The van der Waals surface area contributed by atoms with Crippen LogP contribution in [0.3, 0.4) is 0 Å². The summed E-state index contributed by atoms with van der Waals surface area (Å²) < 4.78 is 16.9. The van der Waals surface area contributed by atoms with E-state index in [0.717, 1.165) is 6.42 Å². The van der Waals surface area contributed by atoms with Crippen molar-refractivity contribution < 1.29 is 19.3 Å². The molecule has 15 heavy (non-hydrogen) atoms. The molecule has 1 aliphatic heterocycles. The molecule has 0 aromatic heterocycles. The Balaban J connectivity index is 1.99. The van der Waals surface area contributed by atoms with E-state index in [0.29, 0.717) is 6.61 Å². The van der Waals surface area contributed by atoms with Crippen LogP contribution in [0, 0.1) is 0 Å². The Bertz CT molecular complexity index is 233. The summed E-state index contributed by atoms with van der Waals surface area (Å²) in [6.45, 7) is 4.10. The zero-order valence-electron chi connectivity index (χ0n) is 9.18. The maximum absolute atomic E-state index is 8.71. The number of fused-ring (bicyclic) bond motifs is 1. The average Bonchev–Trinajstić information content (AvgIpc) is 2.60. The van der Waals surface area contributed by atoms with Crippen molar-refractivity contribution in [1.29, 1.82) is 0 Å². The molecule has 0 aromatic carbocycles. The van der Waals surface area contributed by atoms with Crippen LogP contribution >= 0.6 is 0 Å². The number of aliphatic hydroxyl groups is 1. The highest BCUT2D eigenvalue weighted by molar-refractivity contribution is 5.01. The third-order valence-corrected chi connectivity index (χ3v) is 2.88. The molecule has 0 spiro atoms. The van der Waals surface area contributed by atoms with E-state index in [2.05, 4.69) is 0 Å². The molecule has 2 unspecified atom stereocenters. The maximum atomic E-state index is 8.71. The second-order valence-corrected chi connectivity index (χ2v) is 4.60. The van der Waals surface area contributed by atoms with E-state index in [1.165, 1.54) is 0 Å². The molecular formula is C10H19NO4. The van der Waals surface area contributed by atoms with E-state index in [1.807, 2.05) is 13.8 Å². The lowest BCUT2D eigenvalue weighted by atomic mass is 10.2. The summed E-state index contributed by atoms with van der Waals surface area (Å²) in [5.74, 6) is -0.575. The van der Waals surface area contributed by atoms with Crippen molar-refractivity contribution in [3.63, 3.8) is 0 Å². The minimum atomic E-state index is -0.575. The van der Waals surface area contributed by atoms with Gasteiger partial charge >= 0.3 is 0 Å². The number of hydrogen-bond donors (Lipinski definition) is 2. The molecule has 0 bridgehead atoms. The van der Waals surface area contributed by atoms with Gasteiger partial charge in [-0.05, 0) is 20.3 Å². The molecule has 1 aliphatic carbocycles. The Morgan fingerprint density at radius 1 is 1.40 bits per heavy atom. The van der Waals surface area contributed by atoms with Gasteiger partial charge < -0.3 is 25.1 Å². The summed E-state index contributed by atoms with van der Waals surface area (Å²) in [5.41, 5.74) is 5.96. The zero-order valence-corrected chi connectivity index (χ0v) is 9.18. The molecule has 1 saturated heterocycles. The van der Waals surface area contributed by atoms with Gasteiger partial charge in [-0.25, -0.2) is 0 Å². The Hall–Kier alpha value is -0.200. The summed E-state index contributed by atoms with van der Waals surface area (Å²) >= 11 is 0. The van der Waals surface area contributed by atoms with Crippen LogP contribution < -0.4 is 5.73 Å². The Labute approximate surface area is 89.5 Å². The van der Waals surface area contributed by atoms with E-state index < -0.39 is 5.79 Å². The normalized spacial score (nSPS) is 43.2. The monoisotopic (exact) mass is 217 g/mol. The quantitative estimate of drug-likeness (QED) is 0.674. The summed E-state index contributed by atoms with van der Waals surface area (Å²) in [4.78, 5) is 0. The van der Waals surface area contributed by atoms with Crippen molar-refractivity contribution in [3.8, 4) is 0 Å². The standard InChI is InChI=1S/C10H19NO4/c1-10(2)14-8-6(11)5-7(9(8)15-10)13-4-3-12/h6-9,12H,3-5,11H2,1-2H3/t6-,7+,8?,9?/m0/s1. The number of ether oxygens (including phenoxy) is 3. The van der Waals surface area contributed by atoms with Crippen LogP contribution in [-0.4, -0.2) is 48.5 Å². The van der Waals surface area contributed by atoms with Crippen LogP contribution in [0.4, 0.5) is 0 Å². The first-order chi connectivity index (χ1) is 7.03. The SMILES string of the molecule is CC1(C)OC2C(O1)[C@H](OCCO)C[C@@H]2N. The zero-order chi connectivity index (χ0) is 11.1. The Morgan fingerprint density at radius 3 is 2.73 bits per heavy atom. The highest BCUT2D eigenvalue weighted by Gasteiger charge is 2.53. The molecule has 3 N–H and O–H groups in total. The van der Waals surface area contributed by atoms with E-state index in [1.54, 1.807) is 0 Å². The molecule has 88 valence electrons. The van der Waals surface area contributed by atoms with E-state index >= 15 is 0 Å². The molecule has 2 aliphatic rings. The molecule has 2 fully saturated rings. The minimum absolute atomic E-state index is 0.0212. The molecule has 4 atom stereocenters. The van der Waals surface area contributed by atoms with Gasteiger partial charge in [-0.1, -0.05) is 0 Å². The molecule has 0 amide bonds. The van der Waals surface area contributed by atoms with Crippen LogP contribution in [-0.2, 0) is 14.2 Å². The molecule has 5 heteroatoms. The lowest BCUT2D eigenvalue weighted by molar-refractivity contribution is -0.168. The van der Waals surface area contributed by atoms with Gasteiger partial charge in [-0.15, -0.1) is 0 Å². The molecule has 1 saturated carbocycles. The fourth-order valence-electron chi connectivity index (χ4n) is 2.34. The second kappa shape index (κ2) is 3.99. The van der Waals surface area contributed by atoms with Crippen molar-refractivity contribution in [3.05, 3.63) is 0 Å². The summed E-state index contributed by atoms with van der Waals surface area (Å²) in [6, 6.07) is -0.0412. The minimum Gasteiger partial charge on any atom is -0.394 e. The van der Waals surface area contributed by atoms with Crippen LogP contribution in [0.15, 0.2) is 0 Å². The number of aliphatic hydroxyl groups excluding tert-OH is 1. The summed E-state index contributed by atoms with van der Waals surface area (Å²) in [5, 5.41) is 8.71. The molecular weight excluding hydrogens is 198 g/mol. The Kier molecular flexibility index (Phi) is 3.00. The highest BCUT2D eigenvalue weighted by Crippen LogP contribution is 2.38. The van der Waals surface area contributed by atoms with Gasteiger partial charge in [-0.3, -0.25) is 0 Å². The predicted octanol–water partition coefficient (Wildman–Crippen LogP) is -0.385. The number of hydrogen-bond acceptors (Lipinski definition) is 5. The first-order valence-electron chi connectivity index (χ1n) is 5.37. The lowest BCUT2D eigenvalue weighted by Crippen LogP contribution is -2.35. The topological polar surface area (TPSA) is 73.9 Å². The smallest absolute Gasteiger partial charge is 0.163 e. The second-order valence-electron chi connectivity index (χ2n) is 4.60. The third kappa shape index (κ3) is 2.16. The molecule has 2 rings (SSSR count). The first-order valence-corrected chi connectivity index (χ1v) is 5.37. The molecule has 5 nitrogen and oxygen atoms in total. The third-order valence-electron chi connectivity index (χ3n) is 2.88. The van der Waals surface area contributed by atoms with E-state index in [9.17, 15) is 0 Å². The van der Waals surface area contributed by atoms with Crippen molar-refractivity contribution in [2.75, 3.05) is 13.2 Å². The van der Waals surface area contributed by atoms with E-state index in [-0.39, 0.29) is 31.0 Å². The molecule has 1 heterocycles. The summed E-state index contributed by atoms with van der Waals surface area (Å²) in [7, 11) is 0. The fraction of sp³-hybridized carbons (Fsp3) is 1.00. The van der Waals surface area contributed by atoms with Crippen LogP contribution in [0.1, 0.15) is 20.3 Å². The first kappa shape index (κ1) is 11.3. The van der Waals surface area contributed by atoms with Crippen molar-refractivity contribution in [2.24, 2.45) is 5.73 Å². The molecule has 0 aromatic rings. The van der Waals surface area contributed by atoms with Gasteiger partial charge in [-0.2, -0.15) is 0 Å². The van der Waals surface area contributed by atoms with Gasteiger partial charge in [0, 0.05) is 6.04 Å². The van der Waals surface area contributed by atoms with Crippen molar-refractivity contribution in [1.82, 2.24) is 0 Å². The van der Waals surface area contributed by atoms with Gasteiger partial charge in [0.05, 0.1) is 19.3 Å². The predicted molar refractivity (Wildman–Crippen MR) is 53.2 cm³/mol. The fourth-order valence-corrected chi connectivity index (χ4v) is 2.34. The van der Waals surface area contributed by atoms with Crippen molar-refractivity contribution >= 4 is 0 Å². The summed E-state index contributed by atoms with van der Waals surface area (Å²) in [6.07, 6.45) is 0.495. The maximum Gasteiger partial charge on any atom is 0.163 e. The number of rotatable bonds is 3. The van der Waals surface area contributed by atoms with Crippen LogP contribution in [0.5, 0.6) is 0 Å². The van der Waals surface area contributed by atoms with Gasteiger partial charge in [0.1, 0.15) is 12.2 Å². The number of nitrogens with two attached hydrogens (primary N) is 1. The lowest BCUT2D eigenvalue weighted by Gasteiger charge is -2.22. The van der Waals surface area contributed by atoms with Gasteiger partial charge in [0.25, 0.3) is 0 Å².